The van der Waals surface area contributed by atoms with Crippen molar-refractivity contribution in [1.29, 1.82) is 0 Å². The summed E-state index contributed by atoms with van der Waals surface area (Å²) in [4.78, 5) is 41.8. The summed E-state index contributed by atoms with van der Waals surface area (Å²) in [5.74, 6) is 0.277. The maximum Gasteiger partial charge on any atom is 0.243 e. The molecule has 9 heteroatoms. The average Bonchev–Trinajstić information content (AvgIpc) is 3.69. The molecule has 0 spiro atoms. The van der Waals surface area contributed by atoms with E-state index in [1.807, 2.05) is 86.8 Å². The van der Waals surface area contributed by atoms with Crippen LogP contribution >= 0.6 is 0 Å². The molecular formula is C38H38N6O3. The fraction of sp³-hybridized carbons (Fsp3) is 0.237. The highest BCUT2D eigenvalue weighted by atomic mass is 16.3. The number of aromatic hydroxyl groups is 1. The van der Waals surface area contributed by atoms with Crippen LogP contribution in [0.2, 0.25) is 0 Å². The number of hydrogen-bond acceptors (Lipinski definition) is 5. The monoisotopic (exact) mass is 626 g/mol. The third-order valence-corrected chi connectivity index (χ3v) is 9.41. The summed E-state index contributed by atoms with van der Waals surface area (Å²) in [6.07, 6.45) is 3.14. The number of carbonyl (C=O) groups is 2. The number of nitrogens with one attached hydrogen (secondary N) is 3. The van der Waals surface area contributed by atoms with Crippen LogP contribution in [0.25, 0.3) is 21.9 Å². The number of para-hydroxylation sites is 3. The summed E-state index contributed by atoms with van der Waals surface area (Å²) in [5, 5.41) is 14.4. The number of imidazole rings is 1. The van der Waals surface area contributed by atoms with Crippen LogP contribution in [0.1, 0.15) is 45.2 Å². The molecule has 4 aromatic carbocycles. The van der Waals surface area contributed by atoms with E-state index in [1.165, 1.54) is 0 Å². The van der Waals surface area contributed by atoms with Gasteiger partial charge in [-0.15, -0.1) is 0 Å². The Morgan fingerprint density at radius 2 is 1.64 bits per heavy atom. The SMILES string of the molecule is Cc1cc(O)cc(C)c1C[C@H](N)C(=O)N1Cc2ccccc2C[C@H]1C(=O)N[C@@H](Cc1c[nH]c2ccccc12)c1nc2ccccc2[nH]1. The normalized spacial score (nSPS) is 15.8. The zero-order valence-corrected chi connectivity index (χ0v) is 26.5. The molecule has 0 aliphatic carbocycles. The lowest BCUT2D eigenvalue weighted by atomic mass is 9.91. The first-order chi connectivity index (χ1) is 22.7. The molecule has 0 saturated carbocycles. The van der Waals surface area contributed by atoms with Gasteiger partial charge in [-0.2, -0.15) is 0 Å². The molecule has 0 saturated heterocycles. The van der Waals surface area contributed by atoms with Gasteiger partial charge in [0.1, 0.15) is 17.6 Å². The van der Waals surface area contributed by atoms with Gasteiger partial charge in [0.05, 0.1) is 23.1 Å². The van der Waals surface area contributed by atoms with E-state index in [0.717, 1.165) is 55.3 Å². The summed E-state index contributed by atoms with van der Waals surface area (Å²) in [6, 6.07) is 25.0. The number of aromatic nitrogens is 3. The highest BCUT2D eigenvalue weighted by Crippen LogP contribution is 2.29. The molecular weight excluding hydrogens is 588 g/mol. The van der Waals surface area contributed by atoms with E-state index in [0.29, 0.717) is 25.1 Å². The lowest BCUT2D eigenvalue weighted by molar-refractivity contribution is -0.143. The quantitative estimate of drug-likeness (QED) is 0.156. The fourth-order valence-corrected chi connectivity index (χ4v) is 6.94. The summed E-state index contributed by atoms with van der Waals surface area (Å²) in [6.45, 7) is 4.09. The molecule has 2 amide bonds. The van der Waals surface area contributed by atoms with E-state index in [4.69, 9.17) is 10.7 Å². The van der Waals surface area contributed by atoms with Crippen molar-refractivity contribution in [3.05, 3.63) is 130 Å². The number of phenols is 1. The van der Waals surface area contributed by atoms with Crippen molar-refractivity contribution >= 4 is 33.8 Å². The van der Waals surface area contributed by atoms with Gasteiger partial charge < -0.3 is 31.0 Å². The second-order valence-electron chi connectivity index (χ2n) is 12.6. The molecule has 9 nitrogen and oxygen atoms in total. The van der Waals surface area contributed by atoms with Crippen LogP contribution in [0.3, 0.4) is 0 Å². The first-order valence-corrected chi connectivity index (χ1v) is 16.0. The number of hydrogen-bond donors (Lipinski definition) is 5. The predicted molar refractivity (Wildman–Crippen MR) is 183 cm³/mol. The van der Waals surface area contributed by atoms with Crippen LogP contribution < -0.4 is 11.1 Å². The Morgan fingerprint density at radius 3 is 2.40 bits per heavy atom. The minimum absolute atomic E-state index is 0.180. The van der Waals surface area contributed by atoms with Crippen molar-refractivity contribution in [2.75, 3.05) is 0 Å². The lowest BCUT2D eigenvalue weighted by Gasteiger charge is -2.38. The van der Waals surface area contributed by atoms with Crippen LogP contribution in [-0.2, 0) is 35.4 Å². The van der Waals surface area contributed by atoms with Crippen molar-refractivity contribution in [1.82, 2.24) is 25.2 Å². The van der Waals surface area contributed by atoms with E-state index in [2.05, 4.69) is 21.4 Å². The van der Waals surface area contributed by atoms with Crippen molar-refractivity contribution in [3.63, 3.8) is 0 Å². The number of aryl methyl sites for hydroxylation is 2. The van der Waals surface area contributed by atoms with Gasteiger partial charge in [0.25, 0.3) is 0 Å². The number of carbonyl (C=O) groups excluding carboxylic acids is 2. The van der Waals surface area contributed by atoms with Gasteiger partial charge in [0.2, 0.25) is 11.8 Å². The first-order valence-electron chi connectivity index (χ1n) is 16.0. The number of aromatic amines is 2. The summed E-state index contributed by atoms with van der Waals surface area (Å²) >= 11 is 0. The van der Waals surface area contributed by atoms with Crippen LogP contribution in [0.15, 0.2) is 91.1 Å². The molecule has 3 atom stereocenters. The molecule has 2 aromatic heterocycles. The first kappa shape index (κ1) is 30.3. The highest BCUT2D eigenvalue weighted by Gasteiger charge is 2.38. The number of phenolic OH excluding ortho intramolecular Hbond substituents is 1. The van der Waals surface area contributed by atoms with Crippen LogP contribution in [0.5, 0.6) is 5.75 Å². The van der Waals surface area contributed by atoms with Crippen molar-refractivity contribution in [2.45, 2.75) is 57.8 Å². The summed E-state index contributed by atoms with van der Waals surface area (Å²) in [7, 11) is 0. The van der Waals surface area contributed by atoms with E-state index < -0.39 is 18.1 Å². The maximum atomic E-state index is 14.4. The highest BCUT2D eigenvalue weighted by molar-refractivity contribution is 5.91. The molecule has 47 heavy (non-hydrogen) atoms. The number of benzene rings is 4. The Morgan fingerprint density at radius 1 is 0.957 bits per heavy atom. The third kappa shape index (κ3) is 5.97. The lowest BCUT2D eigenvalue weighted by Crippen LogP contribution is -2.57. The number of rotatable bonds is 8. The molecule has 0 fully saturated rings. The van der Waals surface area contributed by atoms with Crippen LogP contribution in [0.4, 0.5) is 0 Å². The zero-order chi connectivity index (χ0) is 32.7. The van der Waals surface area contributed by atoms with Crippen molar-refractivity contribution in [3.8, 4) is 5.75 Å². The van der Waals surface area contributed by atoms with Gasteiger partial charge in [0, 0.05) is 36.5 Å². The second kappa shape index (κ2) is 12.4. The minimum Gasteiger partial charge on any atom is -0.508 e. The molecule has 3 heterocycles. The van der Waals surface area contributed by atoms with Gasteiger partial charge in [0.15, 0.2) is 0 Å². The molecule has 7 rings (SSSR count). The van der Waals surface area contributed by atoms with E-state index in [9.17, 15) is 14.7 Å². The van der Waals surface area contributed by atoms with Gasteiger partial charge >= 0.3 is 0 Å². The Labute approximate surface area is 272 Å². The zero-order valence-electron chi connectivity index (χ0n) is 26.5. The molecule has 0 unspecified atom stereocenters. The Kier molecular flexibility index (Phi) is 7.99. The summed E-state index contributed by atoms with van der Waals surface area (Å²) < 4.78 is 0. The number of nitrogens with two attached hydrogens (primary N) is 1. The molecule has 0 radical (unpaired) electrons. The Bertz CT molecular complexity index is 2060. The van der Waals surface area contributed by atoms with Crippen molar-refractivity contribution in [2.24, 2.45) is 5.73 Å². The molecule has 6 aromatic rings. The van der Waals surface area contributed by atoms with E-state index in [1.54, 1.807) is 17.0 Å². The number of fused-ring (bicyclic) bond motifs is 3. The van der Waals surface area contributed by atoms with Gasteiger partial charge in [-0.25, -0.2) is 4.98 Å². The topological polar surface area (TPSA) is 140 Å². The predicted octanol–water partition coefficient (Wildman–Crippen LogP) is 5.29. The smallest absolute Gasteiger partial charge is 0.243 e. The molecule has 1 aliphatic heterocycles. The maximum absolute atomic E-state index is 14.4. The molecule has 0 bridgehead atoms. The summed E-state index contributed by atoms with van der Waals surface area (Å²) in [5.41, 5.74) is 15.1. The molecule has 238 valence electrons. The minimum atomic E-state index is -0.866. The van der Waals surface area contributed by atoms with Gasteiger partial charge in [-0.05, 0) is 84.0 Å². The number of H-pyrrole nitrogens is 2. The molecule has 1 aliphatic rings. The Balaban J connectivity index is 1.20. The second-order valence-corrected chi connectivity index (χ2v) is 12.6. The van der Waals surface area contributed by atoms with Gasteiger partial charge in [-0.1, -0.05) is 54.6 Å². The fourth-order valence-electron chi connectivity index (χ4n) is 6.94. The van der Waals surface area contributed by atoms with E-state index >= 15 is 0 Å². The largest absolute Gasteiger partial charge is 0.508 e. The molecule has 6 N–H and O–H groups in total. The standard InChI is InChI=1S/C38H38N6O3/c1-22-15-27(45)16-23(2)29(22)19-30(39)38(47)44-21-25-10-4-3-9-24(25)18-35(44)37(46)43-34(36-41-32-13-7-8-14-33(32)42-36)17-26-20-40-31-12-6-5-11-28(26)31/h3-16,20,30,34-35,40,45H,17-19,21,39H2,1-2H3,(H,41,42)(H,43,46)/t30-,34-,35-/m0/s1. The average molecular weight is 627 g/mol. The third-order valence-electron chi connectivity index (χ3n) is 9.41. The van der Waals surface area contributed by atoms with Crippen LogP contribution in [-0.4, -0.2) is 48.9 Å². The number of nitrogens with zero attached hydrogens (tertiary/aromatic N) is 2. The van der Waals surface area contributed by atoms with Crippen molar-refractivity contribution < 1.29 is 14.7 Å². The van der Waals surface area contributed by atoms with E-state index in [-0.39, 0.29) is 24.1 Å². The van der Waals surface area contributed by atoms with Gasteiger partial charge in [-0.3, -0.25) is 9.59 Å². The Hall–Kier alpha value is -5.41. The van der Waals surface area contributed by atoms with Crippen LogP contribution in [0, 0.1) is 13.8 Å². The number of amides is 2.